The first-order chi connectivity index (χ1) is 11.2. The van der Waals surface area contributed by atoms with Gasteiger partial charge in [0.25, 0.3) is 5.91 Å². The summed E-state index contributed by atoms with van der Waals surface area (Å²) in [7, 11) is 0. The lowest BCUT2D eigenvalue weighted by atomic mass is 9.95. The van der Waals surface area contributed by atoms with Gasteiger partial charge in [0.05, 0.1) is 0 Å². The van der Waals surface area contributed by atoms with Crippen molar-refractivity contribution in [2.45, 2.75) is 45.2 Å². The van der Waals surface area contributed by atoms with Gasteiger partial charge in [-0.1, -0.05) is 18.6 Å². The molecule has 0 saturated heterocycles. The van der Waals surface area contributed by atoms with Crippen molar-refractivity contribution >= 4 is 5.91 Å². The Bertz CT molecular complexity index is 704. The summed E-state index contributed by atoms with van der Waals surface area (Å²) in [6.45, 7) is 2.79. The lowest BCUT2D eigenvalue weighted by molar-refractivity contribution is 0.0923. The van der Waals surface area contributed by atoms with Gasteiger partial charge < -0.3 is 9.88 Å². The molecule has 2 saturated carbocycles. The molecule has 0 spiro atoms. The minimum atomic E-state index is 0.0768. The van der Waals surface area contributed by atoms with Crippen LogP contribution in [0.1, 0.15) is 47.4 Å². The van der Waals surface area contributed by atoms with E-state index in [9.17, 15) is 4.79 Å². The van der Waals surface area contributed by atoms with Crippen LogP contribution in [-0.2, 0) is 6.54 Å². The molecule has 0 unspecified atom stereocenters. The maximum atomic E-state index is 12.4. The molecule has 23 heavy (non-hydrogen) atoms. The highest BCUT2D eigenvalue weighted by Crippen LogP contribution is 2.44. The number of fused-ring (bicyclic) bond motifs is 2. The Morgan fingerprint density at radius 3 is 2.70 bits per heavy atom. The van der Waals surface area contributed by atoms with E-state index < -0.39 is 0 Å². The van der Waals surface area contributed by atoms with Crippen molar-refractivity contribution < 1.29 is 4.79 Å². The Morgan fingerprint density at radius 1 is 1.26 bits per heavy atom. The number of hydrogen-bond acceptors (Lipinski definition) is 2. The van der Waals surface area contributed by atoms with Gasteiger partial charge in [0.1, 0.15) is 5.82 Å². The second-order valence-electron chi connectivity index (χ2n) is 7.05. The minimum Gasteiger partial charge on any atom is -0.349 e. The van der Waals surface area contributed by atoms with Gasteiger partial charge in [-0.05, 0) is 55.7 Å². The normalized spacial score (nSPS) is 25.7. The Hall–Kier alpha value is -2.10. The van der Waals surface area contributed by atoms with Crippen molar-refractivity contribution in [3.05, 3.63) is 53.6 Å². The zero-order valence-electron chi connectivity index (χ0n) is 13.5. The molecule has 2 fully saturated rings. The average molecular weight is 309 g/mol. The number of amides is 1. The fourth-order valence-corrected chi connectivity index (χ4v) is 4.20. The Morgan fingerprint density at radius 2 is 2.09 bits per heavy atom. The number of benzene rings is 1. The fraction of sp³-hybridized carbons (Fsp3) is 0.474. The van der Waals surface area contributed by atoms with Crippen LogP contribution in [0.2, 0.25) is 0 Å². The number of rotatable bonds is 4. The molecule has 1 amide bonds. The lowest BCUT2D eigenvalue weighted by Crippen LogP contribution is -2.38. The molecule has 1 N–H and O–H groups in total. The molecule has 1 heterocycles. The third-order valence-corrected chi connectivity index (χ3v) is 5.55. The zero-order valence-corrected chi connectivity index (χ0v) is 13.5. The van der Waals surface area contributed by atoms with E-state index in [2.05, 4.69) is 14.9 Å². The van der Waals surface area contributed by atoms with Crippen molar-refractivity contribution in [2.75, 3.05) is 0 Å². The zero-order chi connectivity index (χ0) is 15.8. The van der Waals surface area contributed by atoms with Gasteiger partial charge in [0, 0.05) is 30.5 Å². The SMILES string of the molecule is Cc1nccn1Cc1ccc(C(=O)N[C@@H]2C[C@H]3CC[C@@H]2C3)cc1. The van der Waals surface area contributed by atoms with Crippen molar-refractivity contribution in [1.82, 2.24) is 14.9 Å². The second-order valence-corrected chi connectivity index (χ2v) is 7.05. The third kappa shape index (κ3) is 2.90. The minimum absolute atomic E-state index is 0.0768. The highest BCUT2D eigenvalue weighted by molar-refractivity contribution is 5.94. The van der Waals surface area contributed by atoms with Crippen LogP contribution >= 0.6 is 0 Å². The molecular formula is C19H23N3O. The molecule has 3 atom stereocenters. The summed E-state index contributed by atoms with van der Waals surface area (Å²) in [6, 6.07) is 8.34. The predicted molar refractivity (Wildman–Crippen MR) is 89.2 cm³/mol. The molecule has 2 bridgehead atoms. The monoisotopic (exact) mass is 309 g/mol. The number of hydrogen-bond donors (Lipinski definition) is 1. The number of aromatic nitrogens is 2. The van der Waals surface area contributed by atoms with Gasteiger partial charge in [0.15, 0.2) is 0 Å². The van der Waals surface area contributed by atoms with Crippen LogP contribution < -0.4 is 5.32 Å². The number of nitrogens with zero attached hydrogens (tertiary/aromatic N) is 2. The number of nitrogens with one attached hydrogen (secondary N) is 1. The van der Waals surface area contributed by atoms with Crippen molar-refractivity contribution in [1.29, 1.82) is 0 Å². The van der Waals surface area contributed by atoms with Crippen LogP contribution in [0, 0.1) is 18.8 Å². The highest BCUT2D eigenvalue weighted by atomic mass is 16.1. The average Bonchev–Trinajstić information content (AvgIpc) is 3.26. The van der Waals surface area contributed by atoms with Crippen LogP contribution in [0.5, 0.6) is 0 Å². The number of carbonyl (C=O) groups excluding carboxylic acids is 1. The molecule has 2 aliphatic rings. The van der Waals surface area contributed by atoms with Crippen LogP contribution in [0.25, 0.3) is 0 Å². The molecule has 2 aliphatic carbocycles. The van der Waals surface area contributed by atoms with Gasteiger partial charge >= 0.3 is 0 Å². The standard InChI is InChI=1S/C19H23N3O/c1-13-20-8-9-22(13)12-14-2-5-16(6-3-14)19(23)21-18-11-15-4-7-17(18)10-15/h2-3,5-6,8-9,15,17-18H,4,7,10-12H2,1H3,(H,21,23)/t15-,17+,18+/m0/s1. The summed E-state index contributed by atoms with van der Waals surface area (Å²) in [5, 5.41) is 3.25. The Kier molecular flexibility index (Phi) is 3.68. The lowest BCUT2D eigenvalue weighted by Gasteiger charge is -2.22. The van der Waals surface area contributed by atoms with Gasteiger partial charge in [-0.2, -0.15) is 0 Å². The summed E-state index contributed by atoms with van der Waals surface area (Å²) in [4.78, 5) is 16.7. The smallest absolute Gasteiger partial charge is 0.251 e. The topological polar surface area (TPSA) is 46.9 Å². The Balaban J connectivity index is 1.39. The fourth-order valence-electron chi connectivity index (χ4n) is 4.20. The summed E-state index contributed by atoms with van der Waals surface area (Å²) in [5.74, 6) is 2.65. The number of aryl methyl sites for hydroxylation is 1. The second kappa shape index (κ2) is 5.84. The largest absolute Gasteiger partial charge is 0.349 e. The van der Waals surface area contributed by atoms with Gasteiger partial charge in [-0.3, -0.25) is 4.79 Å². The molecular weight excluding hydrogens is 286 g/mol. The predicted octanol–water partition coefficient (Wildman–Crippen LogP) is 3.16. The third-order valence-electron chi connectivity index (χ3n) is 5.55. The molecule has 4 rings (SSSR count). The van der Waals surface area contributed by atoms with E-state index in [4.69, 9.17) is 0 Å². The van der Waals surface area contributed by atoms with Crippen molar-refractivity contribution in [3.63, 3.8) is 0 Å². The first-order valence-electron chi connectivity index (χ1n) is 8.56. The van der Waals surface area contributed by atoms with Crippen molar-refractivity contribution in [2.24, 2.45) is 11.8 Å². The molecule has 4 heteroatoms. The highest BCUT2D eigenvalue weighted by Gasteiger charge is 2.40. The van der Waals surface area contributed by atoms with Gasteiger partial charge in [-0.25, -0.2) is 4.98 Å². The van der Waals surface area contributed by atoms with E-state index in [1.807, 2.05) is 43.6 Å². The van der Waals surface area contributed by atoms with Crippen LogP contribution in [0.15, 0.2) is 36.7 Å². The van der Waals surface area contributed by atoms with Crippen LogP contribution in [0.3, 0.4) is 0 Å². The van der Waals surface area contributed by atoms with E-state index in [0.717, 1.165) is 23.9 Å². The maximum Gasteiger partial charge on any atom is 0.251 e. The number of imidazole rings is 1. The maximum absolute atomic E-state index is 12.4. The molecule has 0 aliphatic heterocycles. The van der Waals surface area contributed by atoms with E-state index in [-0.39, 0.29) is 5.91 Å². The van der Waals surface area contributed by atoms with E-state index in [0.29, 0.717) is 12.0 Å². The molecule has 4 nitrogen and oxygen atoms in total. The molecule has 0 radical (unpaired) electrons. The van der Waals surface area contributed by atoms with Crippen LogP contribution in [-0.4, -0.2) is 21.5 Å². The molecule has 1 aromatic carbocycles. The molecule has 1 aromatic heterocycles. The van der Waals surface area contributed by atoms with Crippen LogP contribution in [0.4, 0.5) is 0 Å². The van der Waals surface area contributed by atoms with Gasteiger partial charge in [0.2, 0.25) is 0 Å². The summed E-state index contributed by atoms with van der Waals surface area (Å²) < 4.78 is 2.10. The molecule has 120 valence electrons. The molecule has 2 aromatic rings. The van der Waals surface area contributed by atoms with E-state index in [1.165, 1.54) is 31.2 Å². The Labute approximate surface area is 136 Å². The van der Waals surface area contributed by atoms with E-state index in [1.54, 1.807) is 0 Å². The first kappa shape index (κ1) is 14.5. The summed E-state index contributed by atoms with van der Waals surface area (Å²) >= 11 is 0. The summed E-state index contributed by atoms with van der Waals surface area (Å²) in [5.41, 5.74) is 1.95. The quantitative estimate of drug-likeness (QED) is 0.943. The van der Waals surface area contributed by atoms with Gasteiger partial charge in [-0.15, -0.1) is 0 Å². The first-order valence-corrected chi connectivity index (χ1v) is 8.56. The van der Waals surface area contributed by atoms with E-state index >= 15 is 0 Å². The number of carbonyl (C=O) groups is 1. The summed E-state index contributed by atoms with van der Waals surface area (Å²) in [6.07, 6.45) is 8.93. The van der Waals surface area contributed by atoms with Crippen molar-refractivity contribution in [3.8, 4) is 0 Å².